The zero-order chi connectivity index (χ0) is 21.7. The van der Waals surface area contributed by atoms with E-state index in [0.29, 0.717) is 45.2 Å². The number of likely N-dealkylation sites (tertiary alicyclic amines) is 2. The molecular weight excluding hydrogens is 380 g/mol. The van der Waals surface area contributed by atoms with Gasteiger partial charge in [-0.1, -0.05) is 13.8 Å². The molecule has 10 nitrogen and oxygen atoms in total. The van der Waals surface area contributed by atoms with Crippen LogP contribution in [0.25, 0.3) is 0 Å². The molecule has 0 radical (unpaired) electrons. The van der Waals surface area contributed by atoms with Gasteiger partial charge in [0.05, 0.1) is 6.61 Å². The number of aliphatic carboxylic acids is 1. The van der Waals surface area contributed by atoms with Gasteiger partial charge in [-0.15, -0.1) is 0 Å². The Morgan fingerprint density at radius 3 is 2.21 bits per heavy atom. The van der Waals surface area contributed by atoms with E-state index in [-0.39, 0.29) is 11.8 Å². The predicted molar refractivity (Wildman–Crippen MR) is 104 cm³/mol. The zero-order valence-electron chi connectivity index (χ0n) is 17.0. The maximum atomic E-state index is 13.1. The lowest BCUT2D eigenvalue weighted by molar-refractivity contribution is -0.148. The standard InChI is InChI=1S/C19H32N4O6/c1-11(2)9-13(19(28)29)21-16(25)14-5-3-7-22(14)18(27)15-6-4-8-23(15)17(26)12(20)10-24/h11-15,24H,3-10,20H2,1-2H3,(H,21,25)(H,28,29). The Balaban J connectivity index is 2.09. The molecule has 2 saturated heterocycles. The first kappa shape index (κ1) is 23.1. The summed E-state index contributed by atoms with van der Waals surface area (Å²) in [5.41, 5.74) is 5.62. The molecule has 29 heavy (non-hydrogen) atoms. The molecule has 3 amide bonds. The van der Waals surface area contributed by atoms with Crippen LogP contribution in [0.2, 0.25) is 0 Å². The largest absolute Gasteiger partial charge is 0.480 e. The van der Waals surface area contributed by atoms with Crippen molar-refractivity contribution in [1.29, 1.82) is 0 Å². The third kappa shape index (κ3) is 5.45. The minimum absolute atomic E-state index is 0.0894. The monoisotopic (exact) mass is 412 g/mol. The van der Waals surface area contributed by atoms with Crippen molar-refractivity contribution in [1.82, 2.24) is 15.1 Å². The number of nitrogens with one attached hydrogen (secondary N) is 1. The molecule has 4 unspecified atom stereocenters. The molecule has 5 N–H and O–H groups in total. The number of nitrogens with two attached hydrogens (primary N) is 1. The van der Waals surface area contributed by atoms with Crippen LogP contribution < -0.4 is 11.1 Å². The van der Waals surface area contributed by atoms with Crippen molar-refractivity contribution in [3.05, 3.63) is 0 Å². The summed E-state index contributed by atoms with van der Waals surface area (Å²) in [6.07, 6.45) is 2.48. The van der Waals surface area contributed by atoms with Gasteiger partial charge >= 0.3 is 5.97 Å². The first-order valence-electron chi connectivity index (χ1n) is 10.2. The fourth-order valence-corrected chi connectivity index (χ4v) is 4.03. The van der Waals surface area contributed by atoms with Crippen molar-refractivity contribution in [2.75, 3.05) is 19.7 Å². The van der Waals surface area contributed by atoms with Gasteiger partial charge in [0.2, 0.25) is 17.7 Å². The average molecular weight is 412 g/mol. The van der Waals surface area contributed by atoms with E-state index in [2.05, 4.69) is 5.32 Å². The summed E-state index contributed by atoms with van der Waals surface area (Å²) in [6, 6.07) is -3.54. The summed E-state index contributed by atoms with van der Waals surface area (Å²) >= 11 is 0. The van der Waals surface area contributed by atoms with Gasteiger partial charge in [-0.3, -0.25) is 14.4 Å². The third-order valence-corrected chi connectivity index (χ3v) is 5.50. The summed E-state index contributed by atoms with van der Waals surface area (Å²) in [4.78, 5) is 52.5. The van der Waals surface area contributed by atoms with Crippen LogP contribution in [0.1, 0.15) is 46.0 Å². The zero-order valence-corrected chi connectivity index (χ0v) is 17.0. The molecule has 0 saturated carbocycles. The quantitative estimate of drug-likeness (QED) is 0.395. The Hall–Kier alpha value is -2.20. The van der Waals surface area contributed by atoms with E-state index >= 15 is 0 Å². The fourth-order valence-electron chi connectivity index (χ4n) is 4.03. The van der Waals surface area contributed by atoms with Gasteiger partial charge in [-0.05, 0) is 38.0 Å². The van der Waals surface area contributed by atoms with Crippen LogP contribution in [0.15, 0.2) is 0 Å². The highest BCUT2D eigenvalue weighted by Gasteiger charge is 2.43. The normalized spacial score (nSPS) is 23.9. The van der Waals surface area contributed by atoms with Gasteiger partial charge < -0.3 is 31.1 Å². The summed E-state index contributed by atoms with van der Waals surface area (Å²) in [6.45, 7) is 4.00. The molecule has 0 spiro atoms. The first-order chi connectivity index (χ1) is 13.7. The third-order valence-electron chi connectivity index (χ3n) is 5.50. The number of rotatable bonds is 8. The average Bonchev–Trinajstić information content (AvgIpc) is 3.34. The van der Waals surface area contributed by atoms with E-state index in [1.165, 1.54) is 9.80 Å². The SMILES string of the molecule is CC(C)CC(NC(=O)C1CCCN1C(=O)C1CCCN1C(=O)C(N)CO)C(=O)O. The van der Waals surface area contributed by atoms with E-state index in [1.54, 1.807) is 0 Å². The fraction of sp³-hybridized carbons (Fsp3) is 0.789. The van der Waals surface area contributed by atoms with E-state index in [1.807, 2.05) is 13.8 Å². The van der Waals surface area contributed by atoms with Crippen LogP contribution in [-0.4, -0.2) is 87.6 Å². The number of nitrogens with zero attached hydrogens (tertiary/aromatic N) is 2. The summed E-state index contributed by atoms with van der Waals surface area (Å²) < 4.78 is 0. The molecule has 10 heteroatoms. The predicted octanol–water partition coefficient (Wildman–Crippen LogP) is -1.10. The second-order valence-corrected chi connectivity index (χ2v) is 8.20. The summed E-state index contributed by atoms with van der Waals surface area (Å²) in [5.74, 6) is -2.30. The maximum absolute atomic E-state index is 13.1. The summed E-state index contributed by atoms with van der Waals surface area (Å²) in [7, 11) is 0. The van der Waals surface area contributed by atoms with Gasteiger partial charge in [-0.2, -0.15) is 0 Å². The molecule has 2 aliphatic heterocycles. The topological polar surface area (TPSA) is 153 Å². The molecule has 2 heterocycles. The van der Waals surface area contributed by atoms with Crippen molar-refractivity contribution < 1.29 is 29.4 Å². The molecule has 0 aromatic rings. The minimum atomic E-state index is -1.10. The van der Waals surface area contributed by atoms with Crippen molar-refractivity contribution >= 4 is 23.7 Å². The van der Waals surface area contributed by atoms with Gasteiger partial charge in [0, 0.05) is 13.1 Å². The number of carbonyl (C=O) groups excluding carboxylic acids is 3. The molecule has 2 fully saturated rings. The van der Waals surface area contributed by atoms with E-state index < -0.39 is 48.6 Å². The van der Waals surface area contributed by atoms with Crippen LogP contribution in [0.4, 0.5) is 0 Å². The molecule has 4 atom stereocenters. The van der Waals surface area contributed by atoms with Crippen LogP contribution in [0, 0.1) is 5.92 Å². The van der Waals surface area contributed by atoms with Gasteiger partial charge in [0.25, 0.3) is 0 Å². The number of carbonyl (C=O) groups is 4. The molecular formula is C19H32N4O6. The highest BCUT2D eigenvalue weighted by molar-refractivity contribution is 5.94. The number of carboxylic acid groups (broad SMARTS) is 1. The Kier molecular flexibility index (Phi) is 7.97. The number of aliphatic hydroxyl groups is 1. The molecule has 2 rings (SSSR count). The number of hydrogen-bond acceptors (Lipinski definition) is 6. The van der Waals surface area contributed by atoms with Crippen LogP contribution in [0.3, 0.4) is 0 Å². The summed E-state index contributed by atoms with van der Waals surface area (Å²) in [5, 5.41) is 21.1. The van der Waals surface area contributed by atoms with Gasteiger partial charge in [-0.25, -0.2) is 4.79 Å². The highest BCUT2D eigenvalue weighted by Crippen LogP contribution is 2.25. The second kappa shape index (κ2) is 10.0. The van der Waals surface area contributed by atoms with Crippen LogP contribution >= 0.6 is 0 Å². The second-order valence-electron chi connectivity index (χ2n) is 8.20. The lowest BCUT2D eigenvalue weighted by Gasteiger charge is -2.32. The van der Waals surface area contributed by atoms with Crippen LogP contribution in [0.5, 0.6) is 0 Å². The molecule has 164 valence electrons. The molecule has 2 aliphatic rings. The van der Waals surface area contributed by atoms with Crippen LogP contribution in [-0.2, 0) is 19.2 Å². The lowest BCUT2D eigenvalue weighted by atomic mass is 10.0. The Bertz CT molecular complexity index is 640. The van der Waals surface area contributed by atoms with Gasteiger partial charge in [0.15, 0.2) is 0 Å². The number of aliphatic hydroxyl groups excluding tert-OH is 1. The van der Waals surface area contributed by atoms with Crippen molar-refractivity contribution in [2.45, 2.75) is 70.1 Å². The van der Waals surface area contributed by atoms with E-state index in [9.17, 15) is 24.3 Å². The molecule has 0 aromatic heterocycles. The number of carboxylic acids is 1. The Morgan fingerprint density at radius 1 is 1.07 bits per heavy atom. The lowest BCUT2D eigenvalue weighted by Crippen LogP contribution is -2.56. The maximum Gasteiger partial charge on any atom is 0.326 e. The minimum Gasteiger partial charge on any atom is -0.480 e. The van der Waals surface area contributed by atoms with E-state index in [0.717, 1.165) is 0 Å². The highest BCUT2D eigenvalue weighted by atomic mass is 16.4. The molecule has 0 bridgehead atoms. The molecule has 0 aromatic carbocycles. The van der Waals surface area contributed by atoms with Crippen molar-refractivity contribution in [3.8, 4) is 0 Å². The van der Waals surface area contributed by atoms with Gasteiger partial charge in [0.1, 0.15) is 24.2 Å². The molecule has 0 aliphatic carbocycles. The van der Waals surface area contributed by atoms with E-state index in [4.69, 9.17) is 10.8 Å². The Labute approximate surface area is 170 Å². The number of amides is 3. The van der Waals surface area contributed by atoms with Crippen molar-refractivity contribution in [3.63, 3.8) is 0 Å². The first-order valence-corrected chi connectivity index (χ1v) is 10.2. The smallest absolute Gasteiger partial charge is 0.326 e. The van der Waals surface area contributed by atoms with Crippen molar-refractivity contribution in [2.24, 2.45) is 11.7 Å². The Morgan fingerprint density at radius 2 is 1.66 bits per heavy atom. The number of hydrogen-bond donors (Lipinski definition) is 4.